The Morgan fingerprint density at radius 3 is 2.46 bits per heavy atom. The lowest BCUT2D eigenvalue weighted by Gasteiger charge is -2.46. The van der Waals surface area contributed by atoms with E-state index in [2.05, 4.69) is 18.7 Å². The van der Waals surface area contributed by atoms with Gasteiger partial charge in [-0.2, -0.15) is 0 Å². The van der Waals surface area contributed by atoms with Crippen LogP contribution in [0, 0.1) is 17.8 Å². The summed E-state index contributed by atoms with van der Waals surface area (Å²) in [5.74, 6) is -5.57. The molecule has 4 atom stereocenters. The molecule has 9 nitrogen and oxygen atoms in total. The minimum atomic E-state index is -2.55. The summed E-state index contributed by atoms with van der Waals surface area (Å²) >= 11 is 0. The number of aliphatic hydroxyl groups is 3. The van der Waals surface area contributed by atoms with E-state index in [9.17, 15) is 34.8 Å². The van der Waals surface area contributed by atoms with Crippen LogP contribution in [-0.2, 0) is 33.8 Å². The summed E-state index contributed by atoms with van der Waals surface area (Å²) in [6.07, 6.45) is 1.80. The van der Waals surface area contributed by atoms with Crippen LogP contribution in [-0.4, -0.2) is 62.0 Å². The first-order chi connectivity index (χ1) is 17.4. The Bertz CT molecular complexity index is 1250. The number of aryl methyl sites for hydroxylation is 1. The van der Waals surface area contributed by atoms with E-state index < -0.39 is 52.0 Å². The standard InChI is InChI=1S/C28H36N2O7/c1-5-13(3)11-30(4)12-16-7-14(6-2)18-9-15-8-17-10-19(31)22(27(29)36)26(35)28(17,37)25(34)20(15)24(33)21(18)23(16)32/h7,13,15,17,32-33,35,37H,5-6,8-12H2,1-4H3,(H2,29,36)/t13?,15-,17+,28+/m1/s1. The second-order valence-corrected chi connectivity index (χ2v) is 10.9. The molecule has 200 valence electrons. The van der Waals surface area contributed by atoms with Gasteiger partial charge in [-0.3, -0.25) is 14.4 Å². The predicted molar refractivity (Wildman–Crippen MR) is 137 cm³/mol. The number of fused-ring (bicyclic) bond motifs is 3. The van der Waals surface area contributed by atoms with Crippen molar-refractivity contribution in [1.29, 1.82) is 0 Å². The molecule has 37 heavy (non-hydrogen) atoms. The summed E-state index contributed by atoms with van der Waals surface area (Å²) in [6, 6.07) is 1.94. The number of amides is 1. The number of benzene rings is 1. The van der Waals surface area contributed by atoms with Gasteiger partial charge in [0, 0.05) is 36.6 Å². The number of Topliss-reactive ketones (excluding diaryl/α,β-unsaturated/α-hetero) is 2. The fraction of sp³-hybridized carbons (Fsp3) is 0.536. The Balaban J connectivity index is 1.84. The fourth-order valence-corrected chi connectivity index (χ4v) is 6.28. The van der Waals surface area contributed by atoms with Crippen molar-refractivity contribution >= 4 is 23.2 Å². The summed E-state index contributed by atoms with van der Waals surface area (Å²) in [4.78, 5) is 40.1. The minimum Gasteiger partial charge on any atom is -0.508 e. The number of hydrogen-bond donors (Lipinski definition) is 5. The van der Waals surface area contributed by atoms with Gasteiger partial charge in [-0.25, -0.2) is 0 Å². The van der Waals surface area contributed by atoms with Crippen molar-refractivity contribution in [3.8, 4) is 5.75 Å². The molecule has 1 aromatic rings. The van der Waals surface area contributed by atoms with E-state index in [1.54, 1.807) is 0 Å². The zero-order valence-electron chi connectivity index (χ0n) is 21.8. The first-order valence-electron chi connectivity index (χ1n) is 12.9. The molecule has 0 saturated heterocycles. The van der Waals surface area contributed by atoms with Crippen molar-refractivity contribution in [2.45, 2.75) is 65.0 Å². The lowest BCUT2D eigenvalue weighted by atomic mass is 9.59. The molecule has 1 unspecified atom stereocenters. The van der Waals surface area contributed by atoms with Gasteiger partial charge >= 0.3 is 0 Å². The lowest BCUT2D eigenvalue weighted by molar-refractivity contribution is -0.147. The van der Waals surface area contributed by atoms with Crippen LogP contribution in [0.15, 0.2) is 23.0 Å². The molecule has 0 bridgehead atoms. The third-order valence-corrected chi connectivity index (χ3v) is 8.38. The molecule has 1 fully saturated rings. The summed E-state index contributed by atoms with van der Waals surface area (Å²) in [5, 5.41) is 44.8. The van der Waals surface area contributed by atoms with Crippen LogP contribution in [0.4, 0.5) is 0 Å². The zero-order valence-corrected chi connectivity index (χ0v) is 21.8. The number of aliphatic hydroxyl groups excluding tert-OH is 2. The number of carbonyl (C=O) groups is 3. The number of ketones is 2. The van der Waals surface area contributed by atoms with E-state index in [0.29, 0.717) is 30.9 Å². The number of primary amides is 1. The smallest absolute Gasteiger partial charge is 0.255 e. The Morgan fingerprint density at radius 1 is 1.19 bits per heavy atom. The fourth-order valence-electron chi connectivity index (χ4n) is 6.28. The van der Waals surface area contributed by atoms with Crippen molar-refractivity contribution in [2.75, 3.05) is 13.6 Å². The SMILES string of the molecule is CCc1cc(CN(C)CC(C)CC)c(O)c2c1C[C@H]1C[C@H]3CC(=O)C(C(N)=O)=C(O)[C@@]3(O)C(=O)C1=C2O. The highest BCUT2D eigenvalue weighted by atomic mass is 16.3. The quantitative estimate of drug-likeness (QED) is 0.348. The number of rotatable bonds is 7. The molecule has 3 aliphatic carbocycles. The summed E-state index contributed by atoms with van der Waals surface area (Å²) in [7, 11) is 1.96. The molecule has 9 heteroatoms. The number of nitrogens with two attached hydrogens (primary N) is 1. The van der Waals surface area contributed by atoms with Gasteiger partial charge < -0.3 is 31.1 Å². The second kappa shape index (κ2) is 9.61. The Kier molecular flexibility index (Phi) is 6.98. The molecule has 1 saturated carbocycles. The molecular weight excluding hydrogens is 476 g/mol. The van der Waals surface area contributed by atoms with Gasteiger partial charge in [-0.1, -0.05) is 33.3 Å². The average Bonchev–Trinajstić information content (AvgIpc) is 2.82. The van der Waals surface area contributed by atoms with Crippen molar-refractivity contribution in [3.63, 3.8) is 0 Å². The van der Waals surface area contributed by atoms with Crippen LogP contribution in [0.5, 0.6) is 5.75 Å². The molecule has 1 amide bonds. The minimum absolute atomic E-state index is 0.113. The van der Waals surface area contributed by atoms with Gasteiger partial charge in [0.2, 0.25) is 5.78 Å². The third kappa shape index (κ3) is 4.14. The second-order valence-electron chi connectivity index (χ2n) is 10.9. The van der Waals surface area contributed by atoms with E-state index in [4.69, 9.17) is 5.73 Å². The molecular formula is C28H36N2O7. The van der Waals surface area contributed by atoms with E-state index in [1.807, 2.05) is 20.0 Å². The van der Waals surface area contributed by atoms with Gasteiger partial charge in [-0.15, -0.1) is 0 Å². The van der Waals surface area contributed by atoms with Crippen molar-refractivity contribution < 1.29 is 34.8 Å². The van der Waals surface area contributed by atoms with Gasteiger partial charge in [0.15, 0.2) is 11.4 Å². The van der Waals surface area contributed by atoms with Crippen LogP contribution in [0.25, 0.3) is 5.76 Å². The number of carbonyl (C=O) groups excluding carboxylic acids is 3. The molecule has 0 aromatic heterocycles. The monoisotopic (exact) mass is 512 g/mol. The maximum Gasteiger partial charge on any atom is 0.255 e. The largest absolute Gasteiger partial charge is 0.508 e. The Hall–Kier alpha value is -3.17. The number of phenolic OH excluding ortho intramolecular Hbond substituents is 1. The average molecular weight is 513 g/mol. The molecule has 1 aromatic carbocycles. The lowest BCUT2D eigenvalue weighted by Crippen LogP contribution is -2.58. The predicted octanol–water partition coefficient (Wildman–Crippen LogP) is 2.46. The van der Waals surface area contributed by atoms with E-state index >= 15 is 0 Å². The summed E-state index contributed by atoms with van der Waals surface area (Å²) in [6.45, 7) is 7.51. The van der Waals surface area contributed by atoms with Gasteiger partial charge in [0.05, 0.1) is 5.56 Å². The van der Waals surface area contributed by atoms with Gasteiger partial charge in [-0.05, 0) is 49.3 Å². The number of aromatic hydroxyl groups is 1. The van der Waals surface area contributed by atoms with E-state index in [-0.39, 0.29) is 29.7 Å². The molecule has 4 rings (SSSR count). The van der Waals surface area contributed by atoms with Crippen LogP contribution in [0.1, 0.15) is 62.3 Å². The van der Waals surface area contributed by atoms with Gasteiger partial charge in [0.25, 0.3) is 5.91 Å². The van der Waals surface area contributed by atoms with Crippen molar-refractivity contribution in [1.82, 2.24) is 4.90 Å². The molecule has 0 heterocycles. The highest BCUT2D eigenvalue weighted by Crippen LogP contribution is 2.52. The summed E-state index contributed by atoms with van der Waals surface area (Å²) in [5.41, 5.74) is 4.26. The van der Waals surface area contributed by atoms with Gasteiger partial charge in [0.1, 0.15) is 22.8 Å². The maximum atomic E-state index is 13.7. The normalized spacial score (nSPS) is 26.2. The number of phenols is 1. The zero-order chi connectivity index (χ0) is 27.4. The topological polar surface area (TPSA) is 161 Å². The van der Waals surface area contributed by atoms with Crippen molar-refractivity contribution in [2.24, 2.45) is 23.5 Å². The number of nitrogens with zero attached hydrogens (tertiary/aromatic N) is 1. The number of hydrogen-bond acceptors (Lipinski definition) is 8. The highest BCUT2D eigenvalue weighted by molar-refractivity contribution is 6.22. The highest BCUT2D eigenvalue weighted by Gasteiger charge is 2.60. The Labute approximate surface area is 216 Å². The van der Waals surface area contributed by atoms with Crippen molar-refractivity contribution in [3.05, 3.63) is 45.2 Å². The Morgan fingerprint density at radius 2 is 1.86 bits per heavy atom. The van der Waals surface area contributed by atoms with Crippen LogP contribution >= 0.6 is 0 Å². The van der Waals surface area contributed by atoms with Crippen LogP contribution in [0.3, 0.4) is 0 Å². The molecule has 3 aliphatic rings. The van der Waals surface area contributed by atoms with E-state index in [0.717, 1.165) is 24.1 Å². The molecule has 0 aliphatic heterocycles. The molecule has 0 spiro atoms. The third-order valence-electron chi connectivity index (χ3n) is 8.38. The van der Waals surface area contributed by atoms with Crippen LogP contribution < -0.4 is 5.73 Å². The summed E-state index contributed by atoms with van der Waals surface area (Å²) < 4.78 is 0. The van der Waals surface area contributed by atoms with Crippen LogP contribution in [0.2, 0.25) is 0 Å². The maximum absolute atomic E-state index is 13.7. The molecule has 0 radical (unpaired) electrons. The molecule has 6 N–H and O–H groups in total. The first kappa shape index (κ1) is 26.9. The van der Waals surface area contributed by atoms with E-state index in [1.165, 1.54) is 0 Å². The first-order valence-corrected chi connectivity index (χ1v) is 12.9.